The average molecular weight is 303 g/mol. The number of carbonyl (C=O) groups is 1. The number of carbonyl (C=O) groups excluding carboxylic acids is 1. The number of hydrogen-bond donors (Lipinski definition) is 1. The van der Waals surface area contributed by atoms with E-state index in [1.807, 2.05) is 17.0 Å². The first-order valence-corrected chi connectivity index (χ1v) is 8.14. The van der Waals surface area contributed by atoms with Gasteiger partial charge in [0.15, 0.2) is 0 Å². The monoisotopic (exact) mass is 303 g/mol. The van der Waals surface area contributed by atoms with Gasteiger partial charge in [0, 0.05) is 44.4 Å². The normalized spacial score (nSPS) is 22.0. The van der Waals surface area contributed by atoms with Crippen LogP contribution in [0.1, 0.15) is 12.8 Å². The summed E-state index contributed by atoms with van der Waals surface area (Å²) in [5.74, 6) is 1.73. The van der Waals surface area contributed by atoms with Crippen LogP contribution in [0.5, 0.6) is 5.75 Å². The third-order valence-corrected chi connectivity index (χ3v) is 4.68. The number of piperazine rings is 1. The minimum Gasteiger partial charge on any atom is -0.497 e. The third kappa shape index (κ3) is 3.53. The van der Waals surface area contributed by atoms with Gasteiger partial charge in [-0.05, 0) is 37.6 Å². The number of anilines is 1. The lowest BCUT2D eigenvalue weighted by atomic mass is 10.0. The molecule has 2 heterocycles. The van der Waals surface area contributed by atoms with Crippen molar-refractivity contribution in [1.29, 1.82) is 0 Å². The lowest BCUT2D eigenvalue weighted by Crippen LogP contribution is -2.49. The van der Waals surface area contributed by atoms with Crippen LogP contribution in [-0.2, 0) is 4.79 Å². The molecule has 0 radical (unpaired) electrons. The van der Waals surface area contributed by atoms with Crippen molar-refractivity contribution in [3.8, 4) is 5.75 Å². The van der Waals surface area contributed by atoms with Gasteiger partial charge in [0.1, 0.15) is 5.75 Å². The first-order chi connectivity index (χ1) is 10.8. The zero-order valence-electron chi connectivity index (χ0n) is 13.3. The number of nitrogens with zero attached hydrogens (tertiary/aromatic N) is 2. The highest BCUT2D eigenvalue weighted by molar-refractivity contribution is 5.77. The highest BCUT2D eigenvalue weighted by Gasteiger charge is 2.25. The summed E-state index contributed by atoms with van der Waals surface area (Å²) in [7, 11) is 1.69. The Balaban J connectivity index is 1.52. The number of hydrogen-bond acceptors (Lipinski definition) is 4. The smallest absolute Gasteiger partial charge is 0.223 e. The molecular formula is C17H25N3O2. The van der Waals surface area contributed by atoms with E-state index in [1.54, 1.807) is 7.11 Å². The van der Waals surface area contributed by atoms with Crippen molar-refractivity contribution in [2.75, 3.05) is 51.3 Å². The van der Waals surface area contributed by atoms with Gasteiger partial charge in [-0.2, -0.15) is 0 Å². The number of amides is 1. The number of methoxy groups -OCH3 is 1. The molecule has 1 atom stereocenters. The Kier molecular flexibility index (Phi) is 4.83. The Hall–Kier alpha value is -1.75. The summed E-state index contributed by atoms with van der Waals surface area (Å²) in [6, 6.07) is 8.13. The average Bonchev–Trinajstić information content (AvgIpc) is 3.08. The largest absolute Gasteiger partial charge is 0.497 e. The molecule has 1 amide bonds. The first-order valence-electron chi connectivity index (χ1n) is 8.14. The van der Waals surface area contributed by atoms with Crippen LogP contribution in [0.3, 0.4) is 0 Å². The molecule has 0 saturated carbocycles. The van der Waals surface area contributed by atoms with Crippen molar-refractivity contribution in [2.24, 2.45) is 5.92 Å². The molecule has 0 aliphatic carbocycles. The number of benzene rings is 1. The number of nitrogens with one attached hydrogen (secondary N) is 1. The Bertz CT molecular complexity index is 506. The van der Waals surface area contributed by atoms with E-state index >= 15 is 0 Å². The second-order valence-corrected chi connectivity index (χ2v) is 6.13. The molecule has 2 aliphatic heterocycles. The van der Waals surface area contributed by atoms with Crippen LogP contribution >= 0.6 is 0 Å². The van der Waals surface area contributed by atoms with Crippen molar-refractivity contribution in [3.05, 3.63) is 24.3 Å². The van der Waals surface area contributed by atoms with Gasteiger partial charge in [0.2, 0.25) is 5.91 Å². The van der Waals surface area contributed by atoms with Gasteiger partial charge in [-0.3, -0.25) is 4.79 Å². The summed E-state index contributed by atoms with van der Waals surface area (Å²) in [6.07, 6.45) is 1.83. The fourth-order valence-corrected chi connectivity index (χ4v) is 3.29. The molecule has 120 valence electrons. The molecule has 0 spiro atoms. The van der Waals surface area contributed by atoms with Crippen LogP contribution in [0.4, 0.5) is 5.69 Å². The fraction of sp³-hybridized carbons (Fsp3) is 0.588. The molecule has 2 fully saturated rings. The second kappa shape index (κ2) is 7.01. The van der Waals surface area contributed by atoms with Gasteiger partial charge < -0.3 is 19.9 Å². The SMILES string of the molecule is COc1cccc(N2CCN(C(=O)CC3CCNC3)CC2)c1. The Morgan fingerprint density at radius 1 is 1.32 bits per heavy atom. The summed E-state index contributed by atoms with van der Waals surface area (Å²) in [5.41, 5.74) is 1.17. The van der Waals surface area contributed by atoms with E-state index in [2.05, 4.69) is 22.3 Å². The second-order valence-electron chi connectivity index (χ2n) is 6.13. The molecule has 5 heteroatoms. The van der Waals surface area contributed by atoms with Gasteiger partial charge in [-0.15, -0.1) is 0 Å². The maximum absolute atomic E-state index is 12.4. The van der Waals surface area contributed by atoms with Gasteiger partial charge in [-0.25, -0.2) is 0 Å². The van der Waals surface area contributed by atoms with Crippen LogP contribution in [0.25, 0.3) is 0 Å². The minimum atomic E-state index is 0.319. The van der Waals surface area contributed by atoms with Crippen molar-refractivity contribution in [1.82, 2.24) is 10.2 Å². The Labute approximate surface area is 132 Å². The topological polar surface area (TPSA) is 44.8 Å². The number of ether oxygens (including phenoxy) is 1. The summed E-state index contributed by atoms with van der Waals surface area (Å²) in [4.78, 5) is 16.7. The van der Waals surface area contributed by atoms with E-state index in [-0.39, 0.29) is 0 Å². The van der Waals surface area contributed by atoms with E-state index in [9.17, 15) is 4.79 Å². The van der Waals surface area contributed by atoms with E-state index in [4.69, 9.17) is 4.74 Å². The van der Waals surface area contributed by atoms with Crippen molar-refractivity contribution in [2.45, 2.75) is 12.8 Å². The van der Waals surface area contributed by atoms with Gasteiger partial charge in [-0.1, -0.05) is 6.07 Å². The molecule has 1 N–H and O–H groups in total. The molecule has 1 aromatic rings. The van der Waals surface area contributed by atoms with Gasteiger partial charge in [0.05, 0.1) is 7.11 Å². The van der Waals surface area contributed by atoms with E-state index in [1.165, 1.54) is 5.69 Å². The maximum Gasteiger partial charge on any atom is 0.223 e. The standard InChI is InChI=1S/C17H25N3O2/c1-22-16-4-2-3-15(12-16)19-7-9-20(10-8-19)17(21)11-14-5-6-18-13-14/h2-4,12,14,18H,5-11,13H2,1H3. The molecule has 1 aromatic carbocycles. The zero-order chi connectivity index (χ0) is 15.4. The molecule has 1 unspecified atom stereocenters. The zero-order valence-corrected chi connectivity index (χ0v) is 13.3. The summed E-state index contributed by atoms with van der Waals surface area (Å²) in [5, 5.41) is 3.33. The van der Waals surface area contributed by atoms with Gasteiger partial charge in [0.25, 0.3) is 0 Å². The van der Waals surface area contributed by atoms with Crippen molar-refractivity contribution in [3.63, 3.8) is 0 Å². The van der Waals surface area contributed by atoms with Crippen LogP contribution in [0, 0.1) is 5.92 Å². The predicted octanol–water partition coefficient (Wildman–Crippen LogP) is 1.34. The minimum absolute atomic E-state index is 0.319. The van der Waals surface area contributed by atoms with E-state index in [0.29, 0.717) is 18.2 Å². The quantitative estimate of drug-likeness (QED) is 0.912. The molecule has 2 saturated heterocycles. The summed E-state index contributed by atoms with van der Waals surface area (Å²) >= 11 is 0. The van der Waals surface area contributed by atoms with Crippen LogP contribution < -0.4 is 15.0 Å². The van der Waals surface area contributed by atoms with Crippen molar-refractivity contribution < 1.29 is 9.53 Å². The fourth-order valence-electron chi connectivity index (χ4n) is 3.29. The highest BCUT2D eigenvalue weighted by Crippen LogP contribution is 2.22. The summed E-state index contributed by atoms with van der Waals surface area (Å²) < 4.78 is 5.28. The van der Waals surface area contributed by atoms with Crippen LogP contribution in [0.15, 0.2) is 24.3 Å². The molecule has 5 nitrogen and oxygen atoms in total. The molecule has 3 rings (SSSR count). The molecular weight excluding hydrogens is 278 g/mol. The first kappa shape index (κ1) is 15.2. The van der Waals surface area contributed by atoms with E-state index < -0.39 is 0 Å². The van der Waals surface area contributed by atoms with Crippen molar-refractivity contribution >= 4 is 11.6 Å². The predicted molar refractivity (Wildman–Crippen MR) is 87.4 cm³/mol. The summed E-state index contributed by atoms with van der Waals surface area (Å²) in [6.45, 7) is 5.47. The lowest BCUT2D eigenvalue weighted by molar-refractivity contribution is -0.132. The van der Waals surface area contributed by atoms with Crippen LogP contribution in [0.2, 0.25) is 0 Å². The number of rotatable bonds is 4. The molecule has 0 aromatic heterocycles. The maximum atomic E-state index is 12.4. The Morgan fingerprint density at radius 3 is 2.82 bits per heavy atom. The molecule has 22 heavy (non-hydrogen) atoms. The highest BCUT2D eigenvalue weighted by atomic mass is 16.5. The third-order valence-electron chi connectivity index (χ3n) is 4.68. The van der Waals surface area contributed by atoms with E-state index in [0.717, 1.165) is 51.4 Å². The molecule has 2 aliphatic rings. The van der Waals surface area contributed by atoms with Gasteiger partial charge >= 0.3 is 0 Å². The Morgan fingerprint density at radius 2 is 2.14 bits per heavy atom. The lowest BCUT2D eigenvalue weighted by Gasteiger charge is -2.36. The molecule has 0 bridgehead atoms. The van der Waals surface area contributed by atoms with Crippen LogP contribution in [-0.4, -0.2) is 57.2 Å².